The standard InChI is InChI=1S/C13H11BrF3NO2.C10H10BrNO.C4H8O.C3H2ClF3O.CH2O3.ClH.2K.H/c14-9-1-2-10-8(3-9)5-20-12(10)6-18(7-12)11(19)4-13(15,16)17;11-8-1-2-9-7(3-8)4-13-10(9)5-12-6-10;1-2-4-5-3-1;4-2(8)1-3(5,6)7;2-1-4-3;;;;/h1-3H,4-7H2;1-3,12H,4-6H2;1-4H2;1H2;1,3H;1H;;;/q;;;;;;2*+1;-1/p-1. The second-order valence-corrected chi connectivity index (χ2v) is 13.7. The molecule has 5 aliphatic rings. The van der Waals surface area contributed by atoms with Gasteiger partial charge < -0.3 is 36.0 Å². The largest absolute Gasteiger partial charge is 1.00 e. The number of halogens is 10. The Bertz CT molecular complexity index is 1490. The van der Waals surface area contributed by atoms with Crippen LogP contribution in [0.1, 0.15) is 49.4 Å². The molecule has 1 N–H and O–H groups in total. The SMILES string of the molecule is Brc1ccc2c(c1)COC21CNC1.C1CCOC1.Cl.O=C(CC(F)(F)F)N1CC2(C1)OCc1cc(Br)ccc12.O=C(Cl)CC(F)(F)F.O=CO[O-].[H-].[K+].[K+]. The number of hydrogen-bond acceptors (Lipinski definition) is 9. The number of amides is 1. The summed E-state index contributed by atoms with van der Waals surface area (Å²) in [6.45, 7) is 5.31. The Balaban J connectivity index is 0. The van der Waals surface area contributed by atoms with Gasteiger partial charge in [0.1, 0.15) is 24.0 Å². The first kappa shape index (κ1) is 54.2. The molecule has 0 aliphatic carbocycles. The van der Waals surface area contributed by atoms with E-state index in [4.69, 9.17) is 24.3 Å². The molecule has 288 valence electrons. The molecule has 0 atom stereocenters. The number of likely N-dealkylation sites (tertiary alicyclic amines) is 1. The number of hydrogen-bond donors (Lipinski definition) is 1. The van der Waals surface area contributed by atoms with Crippen molar-refractivity contribution >= 4 is 73.5 Å². The van der Waals surface area contributed by atoms with Crippen LogP contribution >= 0.6 is 55.9 Å². The van der Waals surface area contributed by atoms with Crippen molar-refractivity contribution in [2.24, 2.45) is 0 Å². The molecule has 2 aromatic rings. The summed E-state index contributed by atoms with van der Waals surface area (Å²) >= 11 is 11.2. The molecule has 2 spiro atoms. The van der Waals surface area contributed by atoms with Gasteiger partial charge in [-0.3, -0.25) is 14.4 Å². The van der Waals surface area contributed by atoms with Crippen molar-refractivity contribution < 1.29 is 169 Å². The summed E-state index contributed by atoms with van der Waals surface area (Å²) in [6, 6.07) is 12.1. The van der Waals surface area contributed by atoms with Crippen LogP contribution in [0.3, 0.4) is 0 Å². The first-order valence-electron chi connectivity index (χ1n) is 14.9. The van der Waals surface area contributed by atoms with Crippen LogP contribution in [-0.2, 0) is 57.9 Å². The van der Waals surface area contributed by atoms with Crippen LogP contribution in [-0.4, -0.2) is 74.3 Å². The molecular weight excluding hydrogens is 951 g/mol. The van der Waals surface area contributed by atoms with Gasteiger partial charge in [0.15, 0.2) is 0 Å². The molecule has 3 saturated heterocycles. The molecule has 5 aliphatic heterocycles. The van der Waals surface area contributed by atoms with Gasteiger partial charge in [-0.05, 0) is 71.0 Å². The number of alkyl halides is 6. The maximum absolute atomic E-state index is 12.2. The molecule has 0 aromatic heterocycles. The van der Waals surface area contributed by atoms with Crippen LogP contribution in [0.4, 0.5) is 26.3 Å². The van der Waals surface area contributed by atoms with Crippen molar-refractivity contribution in [1.82, 2.24) is 10.2 Å². The Kier molecular flexibility index (Phi) is 25.6. The fourth-order valence-corrected chi connectivity index (χ4v) is 6.41. The summed E-state index contributed by atoms with van der Waals surface area (Å²) in [5.74, 6) is -0.891. The number of benzene rings is 2. The van der Waals surface area contributed by atoms with Gasteiger partial charge in [-0.1, -0.05) is 44.0 Å². The molecule has 0 saturated carbocycles. The molecule has 0 bridgehead atoms. The number of rotatable bonds is 3. The maximum atomic E-state index is 12.2. The zero-order chi connectivity index (χ0) is 37.2. The summed E-state index contributed by atoms with van der Waals surface area (Å²) in [7, 11) is 0. The van der Waals surface area contributed by atoms with Gasteiger partial charge in [0.25, 0.3) is 6.47 Å². The van der Waals surface area contributed by atoms with E-state index in [9.17, 15) is 35.9 Å². The van der Waals surface area contributed by atoms with E-state index in [-0.39, 0.29) is 142 Å². The normalized spacial score (nSPS) is 17.5. The Morgan fingerprint density at radius 1 is 0.887 bits per heavy atom. The van der Waals surface area contributed by atoms with Gasteiger partial charge in [0, 0.05) is 35.2 Å². The molecule has 0 radical (unpaired) electrons. The Morgan fingerprint density at radius 3 is 1.64 bits per heavy atom. The average Bonchev–Trinajstić information content (AvgIpc) is 3.74. The van der Waals surface area contributed by atoms with Gasteiger partial charge in [-0.2, -0.15) is 26.3 Å². The summed E-state index contributed by atoms with van der Waals surface area (Å²) in [4.78, 5) is 33.4. The third kappa shape index (κ3) is 17.6. The van der Waals surface area contributed by atoms with E-state index in [0.29, 0.717) is 6.61 Å². The van der Waals surface area contributed by atoms with Gasteiger partial charge in [0.2, 0.25) is 11.1 Å². The molecule has 2 aromatic carbocycles. The molecule has 0 unspecified atom stereocenters. The second-order valence-electron chi connectivity index (χ2n) is 11.5. The Morgan fingerprint density at radius 2 is 1.32 bits per heavy atom. The van der Waals surface area contributed by atoms with Crippen LogP contribution in [0, 0.1) is 0 Å². The van der Waals surface area contributed by atoms with Crippen molar-refractivity contribution in [2.45, 2.75) is 62.5 Å². The molecule has 1 amide bonds. The van der Waals surface area contributed by atoms with E-state index >= 15 is 0 Å². The quantitative estimate of drug-likeness (QED) is 0.115. The van der Waals surface area contributed by atoms with E-state index < -0.39 is 41.9 Å². The fourth-order valence-electron chi connectivity index (χ4n) is 5.44. The van der Waals surface area contributed by atoms with E-state index in [2.05, 4.69) is 71.9 Å². The number of carbonyl (C=O) groups is 3. The van der Waals surface area contributed by atoms with Crippen LogP contribution in [0.5, 0.6) is 0 Å². The van der Waals surface area contributed by atoms with Crippen LogP contribution < -0.4 is 113 Å². The van der Waals surface area contributed by atoms with Gasteiger partial charge in [0.05, 0.1) is 26.3 Å². The third-order valence-electron chi connectivity index (χ3n) is 7.75. The zero-order valence-corrected chi connectivity index (χ0v) is 39.5. The van der Waals surface area contributed by atoms with Gasteiger partial charge >= 0.3 is 115 Å². The topological polar surface area (TPSA) is 126 Å². The van der Waals surface area contributed by atoms with Crippen molar-refractivity contribution in [3.8, 4) is 0 Å². The van der Waals surface area contributed by atoms with E-state index in [0.717, 1.165) is 53.0 Å². The van der Waals surface area contributed by atoms with Crippen molar-refractivity contribution in [3.63, 3.8) is 0 Å². The minimum absolute atomic E-state index is 0. The molecule has 7 rings (SSSR count). The first-order valence-corrected chi connectivity index (χ1v) is 16.8. The number of nitrogens with zero attached hydrogens (tertiary/aromatic N) is 1. The number of carbonyl (C=O) groups excluding carboxylic acids is 3. The van der Waals surface area contributed by atoms with Crippen LogP contribution in [0.15, 0.2) is 45.3 Å². The predicted octanol–water partition coefficient (Wildman–Crippen LogP) is 0.225. The van der Waals surface area contributed by atoms with Gasteiger partial charge in [-0.25, -0.2) is 0 Å². The van der Waals surface area contributed by atoms with Crippen molar-refractivity contribution in [1.29, 1.82) is 0 Å². The number of ether oxygens (including phenoxy) is 3. The Labute approximate surface area is 416 Å². The van der Waals surface area contributed by atoms with Crippen LogP contribution in [0.25, 0.3) is 0 Å². The predicted molar refractivity (Wildman–Crippen MR) is 178 cm³/mol. The van der Waals surface area contributed by atoms with E-state index in [1.807, 2.05) is 18.2 Å². The van der Waals surface area contributed by atoms with Crippen molar-refractivity contribution in [2.75, 3.05) is 39.4 Å². The third-order valence-corrected chi connectivity index (χ3v) is 8.87. The molecular formula is C31H34Br2Cl2F6K2N2O8. The average molecular weight is 986 g/mol. The van der Waals surface area contributed by atoms with Crippen LogP contribution in [0.2, 0.25) is 0 Å². The minimum atomic E-state index is -4.46. The molecule has 22 heteroatoms. The zero-order valence-electron chi connectivity index (χ0n) is 29.5. The van der Waals surface area contributed by atoms with Crippen molar-refractivity contribution in [3.05, 3.63) is 67.6 Å². The maximum Gasteiger partial charge on any atom is 1.00 e. The summed E-state index contributed by atoms with van der Waals surface area (Å²) in [5, 5.41) is 10.3. The minimum Gasteiger partial charge on any atom is -1.00 e. The molecule has 3 fully saturated rings. The Hall–Kier alpha value is 1.24. The van der Waals surface area contributed by atoms with E-state index in [1.54, 1.807) is 0 Å². The second kappa shape index (κ2) is 25.0. The molecule has 10 nitrogen and oxygen atoms in total. The molecule has 53 heavy (non-hydrogen) atoms. The van der Waals surface area contributed by atoms with Gasteiger partial charge in [-0.15, -0.1) is 12.4 Å². The number of fused-ring (bicyclic) bond motifs is 4. The monoisotopic (exact) mass is 982 g/mol. The summed E-state index contributed by atoms with van der Waals surface area (Å²) in [6.07, 6.45) is -9.32. The smallest absolute Gasteiger partial charge is 1.00 e. The number of nitrogens with one attached hydrogen (secondary N) is 1. The fraction of sp³-hybridized carbons (Fsp3) is 0.516. The summed E-state index contributed by atoms with van der Waals surface area (Å²) in [5.41, 5.74) is 4.08. The van der Waals surface area contributed by atoms with E-state index in [1.165, 1.54) is 28.9 Å². The molecule has 5 heterocycles. The first-order chi connectivity index (χ1) is 23.4. The summed E-state index contributed by atoms with van der Waals surface area (Å²) < 4.78 is 88.1.